The molecule has 1 amide bonds. The zero-order valence-electron chi connectivity index (χ0n) is 13.9. The predicted octanol–water partition coefficient (Wildman–Crippen LogP) is 1.06. The van der Waals surface area contributed by atoms with Crippen molar-refractivity contribution >= 4 is 5.91 Å². The quantitative estimate of drug-likeness (QED) is 0.879. The summed E-state index contributed by atoms with van der Waals surface area (Å²) < 4.78 is 10.8. The van der Waals surface area contributed by atoms with Gasteiger partial charge in [0.15, 0.2) is 11.5 Å². The molecule has 0 aromatic heterocycles. The highest BCUT2D eigenvalue weighted by Crippen LogP contribution is 2.32. The fraction of sp³-hybridized carbons (Fsp3) is 0.588. The minimum Gasteiger partial charge on any atom is -0.454 e. The van der Waals surface area contributed by atoms with E-state index in [0.717, 1.165) is 44.2 Å². The maximum Gasteiger partial charge on any atom is 0.236 e. The van der Waals surface area contributed by atoms with E-state index < -0.39 is 0 Å². The first-order valence-electron chi connectivity index (χ1n) is 8.24. The molecule has 0 aliphatic carbocycles. The Bertz CT molecular complexity index is 554. The maximum atomic E-state index is 12.1. The highest BCUT2D eigenvalue weighted by molar-refractivity contribution is 5.78. The molecule has 0 saturated carbocycles. The summed E-state index contributed by atoms with van der Waals surface area (Å²) in [5.74, 6) is 1.85. The van der Waals surface area contributed by atoms with Gasteiger partial charge in [0.05, 0.1) is 6.54 Å². The van der Waals surface area contributed by atoms with Gasteiger partial charge in [-0.2, -0.15) is 0 Å². The van der Waals surface area contributed by atoms with E-state index in [-0.39, 0.29) is 5.91 Å². The topological polar surface area (TPSA) is 54.0 Å². The molecule has 23 heavy (non-hydrogen) atoms. The van der Waals surface area contributed by atoms with Crippen molar-refractivity contribution in [1.29, 1.82) is 0 Å². The lowest BCUT2D eigenvalue weighted by Gasteiger charge is -2.35. The van der Waals surface area contributed by atoms with E-state index in [1.54, 1.807) is 0 Å². The molecule has 1 saturated heterocycles. The van der Waals surface area contributed by atoms with Crippen molar-refractivity contribution in [1.82, 2.24) is 15.1 Å². The Hall–Kier alpha value is -1.79. The van der Waals surface area contributed by atoms with Gasteiger partial charge >= 0.3 is 0 Å². The average Bonchev–Trinajstić information content (AvgIpc) is 3.01. The molecule has 6 heteroatoms. The second kappa shape index (κ2) is 7.19. The van der Waals surface area contributed by atoms with E-state index in [1.165, 1.54) is 5.56 Å². The number of amides is 1. The van der Waals surface area contributed by atoms with Gasteiger partial charge in [0.1, 0.15) is 0 Å². The Morgan fingerprint density at radius 1 is 1.17 bits per heavy atom. The minimum absolute atomic E-state index is 0.196. The first-order chi connectivity index (χ1) is 11.1. The number of fused-ring (bicyclic) bond motifs is 1. The first kappa shape index (κ1) is 16.1. The first-order valence-corrected chi connectivity index (χ1v) is 8.24. The Morgan fingerprint density at radius 2 is 1.91 bits per heavy atom. The average molecular weight is 319 g/mol. The molecule has 2 aliphatic heterocycles. The zero-order chi connectivity index (χ0) is 16.2. The third-order valence-corrected chi connectivity index (χ3v) is 4.23. The van der Waals surface area contributed by atoms with E-state index in [9.17, 15) is 4.79 Å². The molecular weight excluding hydrogens is 294 g/mol. The molecule has 0 unspecified atom stereocenters. The summed E-state index contributed by atoms with van der Waals surface area (Å²) in [4.78, 5) is 16.4. The van der Waals surface area contributed by atoms with Crippen molar-refractivity contribution in [3.63, 3.8) is 0 Å². The third-order valence-electron chi connectivity index (χ3n) is 4.23. The van der Waals surface area contributed by atoms with Crippen LogP contribution in [0, 0.1) is 0 Å². The fourth-order valence-corrected chi connectivity index (χ4v) is 2.86. The minimum atomic E-state index is 0.196. The van der Waals surface area contributed by atoms with Crippen molar-refractivity contribution in [2.45, 2.75) is 26.4 Å². The molecule has 1 N–H and O–H groups in total. The van der Waals surface area contributed by atoms with E-state index in [4.69, 9.17) is 9.47 Å². The van der Waals surface area contributed by atoms with Crippen molar-refractivity contribution < 1.29 is 14.3 Å². The molecule has 6 nitrogen and oxygen atoms in total. The van der Waals surface area contributed by atoms with E-state index in [2.05, 4.69) is 30.1 Å². The van der Waals surface area contributed by atoms with Gasteiger partial charge in [0, 0.05) is 38.8 Å². The largest absolute Gasteiger partial charge is 0.454 e. The summed E-state index contributed by atoms with van der Waals surface area (Å²) in [6.45, 7) is 9.12. The number of ether oxygens (including phenoxy) is 2. The van der Waals surface area contributed by atoms with E-state index in [1.807, 2.05) is 17.0 Å². The monoisotopic (exact) mass is 319 g/mol. The Kier molecular flexibility index (Phi) is 5.03. The summed E-state index contributed by atoms with van der Waals surface area (Å²) in [7, 11) is 0. The summed E-state index contributed by atoms with van der Waals surface area (Å²) in [5, 5.41) is 3.19. The van der Waals surface area contributed by atoms with Crippen LogP contribution in [-0.2, 0) is 11.3 Å². The van der Waals surface area contributed by atoms with Crippen LogP contribution in [0.1, 0.15) is 19.4 Å². The van der Waals surface area contributed by atoms with Crippen LogP contribution in [0.5, 0.6) is 11.5 Å². The van der Waals surface area contributed by atoms with Crippen LogP contribution in [0.15, 0.2) is 18.2 Å². The number of hydrogen-bond donors (Lipinski definition) is 1. The third kappa shape index (κ3) is 4.14. The molecule has 126 valence electrons. The lowest BCUT2D eigenvalue weighted by Crippen LogP contribution is -2.50. The van der Waals surface area contributed by atoms with Crippen LogP contribution in [0.2, 0.25) is 0 Å². The molecule has 0 bridgehead atoms. The molecule has 1 aromatic rings. The highest BCUT2D eigenvalue weighted by atomic mass is 16.7. The van der Waals surface area contributed by atoms with E-state index in [0.29, 0.717) is 19.4 Å². The number of nitrogens with one attached hydrogen (secondary N) is 1. The van der Waals surface area contributed by atoms with Crippen LogP contribution in [-0.4, -0.2) is 61.3 Å². The molecule has 2 heterocycles. The van der Waals surface area contributed by atoms with Gasteiger partial charge in [0.2, 0.25) is 12.7 Å². The van der Waals surface area contributed by atoms with Gasteiger partial charge in [-0.1, -0.05) is 19.9 Å². The smallest absolute Gasteiger partial charge is 0.236 e. The number of nitrogens with zero attached hydrogens (tertiary/aromatic N) is 2. The van der Waals surface area contributed by atoms with Gasteiger partial charge in [-0.3, -0.25) is 9.69 Å². The number of carbonyl (C=O) groups is 1. The van der Waals surface area contributed by atoms with Crippen LogP contribution in [0.25, 0.3) is 0 Å². The molecule has 0 radical (unpaired) electrons. The van der Waals surface area contributed by atoms with Crippen molar-refractivity contribution in [2.24, 2.45) is 0 Å². The Labute approximate surface area is 137 Å². The standard InChI is InChI=1S/C17H25N3O3/c1-13(2)18-10-17(21)20-7-5-19(6-8-20)11-14-3-4-15-16(9-14)23-12-22-15/h3-4,9,13,18H,5-8,10-12H2,1-2H3. The Balaban J connectivity index is 1.47. The SMILES string of the molecule is CC(C)NCC(=O)N1CCN(Cc2ccc3c(c2)OCO3)CC1. The van der Waals surface area contributed by atoms with Crippen LogP contribution in [0.3, 0.4) is 0 Å². The van der Waals surface area contributed by atoms with Crippen molar-refractivity contribution in [3.05, 3.63) is 23.8 Å². The number of hydrogen-bond acceptors (Lipinski definition) is 5. The maximum absolute atomic E-state index is 12.1. The summed E-state index contributed by atoms with van der Waals surface area (Å²) in [5.41, 5.74) is 1.22. The Morgan fingerprint density at radius 3 is 2.65 bits per heavy atom. The second-order valence-corrected chi connectivity index (χ2v) is 6.38. The van der Waals surface area contributed by atoms with Gasteiger partial charge < -0.3 is 19.7 Å². The van der Waals surface area contributed by atoms with Gasteiger partial charge in [-0.25, -0.2) is 0 Å². The van der Waals surface area contributed by atoms with Crippen LogP contribution in [0.4, 0.5) is 0 Å². The van der Waals surface area contributed by atoms with Gasteiger partial charge in [0.25, 0.3) is 0 Å². The van der Waals surface area contributed by atoms with Crippen molar-refractivity contribution in [3.8, 4) is 11.5 Å². The lowest BCUT2D eigenvalue weighted by atomic mass is 10.1. The van der Waals surface area contributed by atoms with Crippen LogP contribution >= 0.6 is 0 Å². The molecule has 0 spiro atoms. The molecule has 1 aromatic carbocycles. The predicted molar refractivity (Wildman–Crippen MR) is 87.6 cm³/mol. The second-order valence-electron chi connectivity index (χ2n) is 6.38. The highest BCUT2D eigenvalue weighted by Gasteiger charge is 2.21. The lowest BCUT2D eigenvalue weighted by molar-refractivity contribution is -0.132. The van der Waals surface area contributed by atoms with E-state index >= 15 is 0 Å². The number of piperazine rings is 1. The number of rotatable bonds is 5. The number of carbonyl (C=O) groups excluding carboxylic acids is 1. The normalized spacial score (nSPS) is 17.8. The van der Waals surface area contributed by atoms with Gasteiger partial charge in [-0.15, -0.1) is 0 Å². The summed E-state index contributed by atoms with van der Waals surface area (Å²) >= 11 is 0. The molecule has 1 fully saturated rings. The van der Waals surface area contributed by atoms with Gasteiger partial charge in [-0.05, 0) is 17.7 Å². The van der Waals surface area contributed by atoms with Crippen molar-refractivity contribution in [2.75, 3.05) is 39.5 Å². The molecule has 2 aliphatic rings. The molecule has 3 rings (SSSR count). The zero-order valence-corrected chi connectivity index (χ0v) is 13.9. The molecule has 0 atom stereocenters. The summed E-state index contributed by atoms with van der Waals surface area (Å²) in [6.07, 6.45) is 0. The summed E-state index contributed by atoms with van der Waals surface area (Å²) in [6, 6.07) is 6.44. The number of benzene rings is 1. The fourth-order valence-electron chi connectivity index (χ4n) is 2.86. The van der Waals surface area contributed by atoms with Crippen LogP contribution < -0.4 is 14.8 Å². The molecular formula is C17H25N3O3.